The number of nitrogens with one attached hydrogen (secondary N) is 2. The van der Waals surface area contributed by atoms with Crippen LogP contribution in [0.2, 0.25) is 0 Å². The molecule has 1 aliphatic heterocycles. The van der Waals surface area contributed by atoms with Crippen molar-refractivity contribution < 1.29 is 9.59 Å². The largest absolute Gasteiger partial charge is 0.340 e. The molecule has 2 heterocycles. The molecule has 1 fully saturated rings. The maximum Gasteiger partial charge on any atom is 0.326 e. The van der Waals surface area contributed by atoms with Crippen molar-refractivity contribution in [2.45, 2.75) is 13.5 Å². The third-order valence-corrected chi connectivity index (χ3v) is 4.75. The number of amides is 3. The zero-order valence-electron chi connectivity index (χ0n) is 14.6. The van der Waals surface area contributed by atoms with E-state index >= 15 is 0 Å². The number of para-hydroxylation sites is 1. The van der Waals surface area contributed by atoms with Gasteiger partial charge in [-0.3, -0.25) is 10.1 Å². The number of hydrogen-bond acceptors (Lipinski definition) is 3. The summed E-state index contributed by atoms with van der Waals surface area (Å²) in [5.41, 5.74) is 4.60. The molecular weight excluding hydrogens is 340 g/mol. The Morgan fingerprint density at radius 3 is 2.56 bits per heavy atom. The highest BCUT2D eigenvalue weighted by Crippen LogP contribution is 2.29. The van der Waals surface area contributed by atoms with Crippen LogP contribution in [0.4, 0.5) is 4.79 Å². The lowest BCUT2D eigenvalue weighted by Gasteiger charge is -2.10. The van der Waals surface area contributed by atoms with E-state index < -0.39 is 11.9 Å². The number of aromatic nitrogens is 1. The Kier molecular flexibility index (Phi) is 3.98. The Morgan fingerprint density at radius 2 is 1.81 bits per heavy atom. The van der Waals surface area contributed by atoms with E-state index in [0.717, 1.165) is 27.7 Å². The molecule has 0 aliphatic carbocycles. The molecule has 2 aromatic carbocycles. The molecule has 2 N–H and O–H groups in total. The summed E-state index contributed by atoms with van der Waals surface area (Å²) in [6.07, 6.45) is 1.70. The molecule has 0 unspecified atom stereocenters. The number of rotatable bonds is 3. The van der Waals surface area contributed by atoms with Gasteiger partial charge >= 0.3 is 6.03 Å². The summed E-state index contributed by atoms with van der Waals surface area (Å²) >= 11 is 0. The molecule has 3 amide bonds. The van der Waals surface area contributed by atoms with E-state index in [0.29, 0.717) is 12.1 Å². The highest BCUT2D eigenvalue weighted by atomic mass is 16.2. The zero-order valence-corrected chi connectivity index (χ0v) is 14.6. The van der Waals surface area contributed by atoms with Gasteiger partial charge in [-0.15, -0.1) is 0 Å². The van der Waals surface area contributed by atoms with Crippen molar-refractivity contribution in [1.29, 1.82) is 5.26 Å². The van der Waals surface area contributed by atoms with E-state index in [2.05, 4.69) is 21.3 Å². The van der Waals surface area contributed by atoms with Gasteiger partial charge in [0.2, 0.25) is 0 Å². The fraction of sp³-hybridized carbons (Fsp3) is 0.0952. The summed E-state index contributed by atoms with van der Waals surface area (Å²) in [7, 11) is 0. The predicted octanol–water partition coefficient (Wildman–Crippen LogP) is 3.05. The highest BCUT2D eigenvalue weighted by molar-refractivity contribution is 6.14. The number of carbonyl (C=O) groups excluding carboxylic acids is 2. The van der Waals surface area contributed by atoms with Crippen LogP contribution in [-0.2, 0) is 11.3 Å². The Labute approximate surface area is 155 Å². The van der Waals surface area contributed by atoms with Crippen LogP contribution >= 0.6 is 0 Å². The summed E-state index contributed by atoms with van der Waals surface area (Å²) < 4.78 is 2.12. The smallest absolute Gasteiger partial charge is 0.326 e. The first-order valence-electron chi connectivity index (χ1n) is 8.48. The van der Waals surface area contributed by atoms with Crippen molar-refractivity contribution in [1.82, 2.24) is 15.2 Å². The standard InChI is InChI=1S/C21H16N4O2/c1-13-17(10-18-20(26)24-21(27)23-18)16-8-4-5-9-19(16)25(13)12-15-7-3-2-6-14(15)11-22/h2-10H,12H2,1H3,(H2,23,24,26,27)/b18-10+. The monoisotopic (exact) mass is 356 g/mol. The van der Waals surface area contributed by atoms with Gasteiger partial charge in [-0.05, 0) is 30.7 Å². The minimum absolute atomic E-state index is 0.225. The molecule has 27 heavy (non-hydrogen) atoms. The summed E-state index contributed by atoms with van der Waals surface area (Å²) in [6.45, 7) is 2.51. The lowest BCUT2D eigenvalue weighted by atomic mass is 10.1. The molecule has 1 aliphatic rings. The third-order valence-electron chi connectivity index (χ3n) is 4.75. The van der Waals surface area contributed by atoms with E-state index in [1.54, 1.807) is 12.1 Å². The van der Waals surface area contributed by atoms with Gasteiger partial charge in [-0.1, -0.05) is 36.4 Å². The Balaban J connectivity index is 1.87. The second-order valence-corrected chi connectivity index (χ2v) is 6.34. The van der Waals surface area contributed by atoms with E-state index in [9.17, 15) is 14.9 Å². The van der Waals surface area contributed by atoms with E-state index in [-0.39, 0.29) is 5.70 Å². The van der Waals surface area contributed by atoms with Crippen LogP contribution in [0.5, 0.6) is 0 Å². The molecule has 0 atom stereocenters. The predicted molar refractivity (Wildman–Crippen MR) is 102 cm³/mol. The number of hydrogen-bond donors (Lipinski definition) is 2. The number of imide groups is 1. The zero-order chi connectivity index (χ0) is 19.0. The number of benzene rings is 2. The number of urea groups is 1. The van der Waals surface area contributed by atoms with Crippen molar-refractivity contribution in [2.24, 2.45) is 0 Å². The minimum atomic E-state index is -0.518. The van der Waals surface area contributed by atoms with Crippen LogP contribution in [0.25, 0.3) is 17.0 Å². The fourth-order valence-electron chi connectivity index (χ4n) is 3.41. The summed E-state index contributed by atoms with van der Waals surface area (Å²) in [5.74, 6) is -0.439. The number of fused-ring (bicyclic) bond motifs is 1. The maximum atomic E-state index is 11.9. The lowest BCUT2D eigenvalue weighted by molar-refractivity contribution is -0.115. The van der Waals surface area contributed by atoms with E-state index in [1.807, 2.05) is 49.4 Å². The average molecular weight is 356 g/mol. The van der Waals surface area contributed by atoms with Gasteiger partial charge in [0, 0.05) is 28.7 Å². The first kappa shape index (κ1) is 16.6. The average Bonchev–Trinajstić information content (AvgIpc) is 3.13. The lowest BCUT2D eigenvalue weighted by Crippen LogP contribution is -2.22. The minimum Gasteiger partial charge on any atom is -0.340 e. The van der Waals surface area contributed by atoms with Crippen molar-refractivity contribution in [2.75, 3.05) is 0 Å². The molecule has 0 radical (unpaired) electrons. The number of nitrogens with zero attached hydrogens (tertiary/aromatic N) is 2. The van der Waals surface area contributed by atoms with Gasteiger partial charge in [0.1, 0.15) is 5.70 Å². The van der Waals surface area contributed by atoms with Gasteiger partial charge in [0.15, 0.2) is 0 Å². The highest BCUT2D eigenvalue weighted by Gasteiger charge is 2.24. The Bertz CT molecular complexity index is 1160. The SMILES string of the molecule is Cc1c(/C=C2/NC(=O)NC2=O)c2ccccc2n1Cc1ccccc1C#N. The molecule has 6 heteroatoms. The van der Waals surface area contributed by atoms with Crippen molar-refractivity contribution in [3.63, 3.8) is 0 Å². The van der Waals surface area contributed by atoms with Crippen molar-refractivity contribution >= 4 is 28.9 Å². The first-order chi connectivity index (χ1) is 13.1. The first-order valence-corrected chi connectivity index (χ1v) is 8.48. The normalized spacial score (nSPS) is 15.0. The van der Waals surface area contributed by atoms with Crippen LogP contribution in [0, 0.1) is 18.3 Å². The van der Waals surface area contributed by atoms with Gasteiger partial charge in [-0.2, -0.15) is 5.26 Å². The summed E-state index contributed by atoms with van der Waals surface area (Å²) in [5, 5.41) is 15.1. The molecule has 132 valence electrons. The molecular formula is C21H16N4O2. The topological polar surface area (TPSA) is 86.9 Å². The number of nitriles is 1. The van der Waals surface area contributed by atoms with Crippen LogP contribution in [0.1, 0.15) is 22.4 Å². The van der Waals surface area contributed by atoms with Crippen molar-refractivity contribution in [3.8, 4) is 6.07 Å². The van der Waals surface area contributed by atoms with Gasteiger partial charge in [0.05, 0.1) is 11.6 Å². The second-order valence-electron chi connectivity index (χ2n) is 6.34. The quantitative estimate of drug-likeness (QED) is 0.558. The molecule has 0 bridgehead atoms. The fourth-order valence-corrected chi connectivity index (χ4v) is 3.41. The van der Waals surface area contributed by atoms with E-state index in [1.165, 1.54) is 0 Å². The van der Waals surface area contributed by atoms with Gasteiger partial charge in [-0.25, -0.2) is 4.79 Å². The van der Waals surface area contributed by atoms with Gasteiger partial charge in [0.25, 0.3) is 5.91 Å². The molecule has 1 saturated heterocycles. The molecule has 0 saturated carbocycles. The third kappa shape index (κ3) is 2.85. The molecule has 4 rings (SSSR count). The Morgan fingerprint density at radius 1 is 1.07 bits per heavy atom. The van der Waals surface area contributed by atoms with Crippen LogP contribution in [0.3, 0.4) is 0 Å². The van der Waals surface area contributed by atoms with Crippen LogP contribution in [0.15, 0.2) is 54.2 Å². The van der Waals surface area contributed by atoms with Crippen molar-refractivity contribution in [3.05, 3.63) is 76.6 Å². The second kappa shape index (κ2) is 6.46. The maximum absolute atomic E-state index is 11.9. The van der Waals surface area contributed by atoms with Crippen LogP contribution < -0.4 is 10.6 Å². The van der Waals surface area contributed by atoms with Crippen LogP contribution in [-0.4, -0.2) is 16.5 Å². The van der Waals surface area contributed by atoms with E-state index in [4.69, 9.17) is 0 Å². The summed E-state index contributed by atoms with van der Waals surface area (Å²) in [4.78, 5) is 23.3. The number of carbonyl (C=O) groups is 2. The molecule has 3 aromatic rings. The summed E-state index contributed by atoms with van der Waals surface area (Å²) in [6, 6.07) is 17.1. The Hall–Kier alpha value is -3.85. The molecule has 6 nitrogen and oxygen atoms in total. The molecule has 0 spiro atoms. The molecule has 1 aromatic heterocycles. The van der Waals surface area contributed by atoms with Gasteiger partial charge < -0.3 is 9.88 Å².